The Kier molecular flexibility index (Phi) is 6.72. The zero-order chi connectivity index (χ0) is 17.5. The summed E-state index contributed by atoms with van der Waals surface area (Å²) in [6.45, 7) is 0.749. The van der Waals surface area contributed by atoms with Crippen LogP contribution in [0.1, 0.15) is 24.9 Å². The topological polar surface area (TPSA) is 45.5 Å². The van der Waals surface area contributed by atoms with Gasteiger partial charge in [-0.2, -0.15) is 8.78 Å². The van der Waals surface area contributed by atoms with Gasteiger partial charge in [0, 0.05) is 37.0 Å². The molecule has 0 fully saturated rings. The Labute approximate surface area is 148 Å². The van der Waals surface area contributed by atoms with Crippen molar-refractivity contribution in [2.75, 3.05) is 13.6 Å². The predicted octanol–water partition coefficient (Wildman–Crippen LogP) is 3.64. The number of nitrogens with zero attached hydrogens (tertiary/aromatic N) is 4. The monoisotopic (exact) mass is 399 g/mol. The van der Waals surface area contributed by atoms with Gasteiger partial charge in [-0.25, -0.2) is 9.98 Å². The van der Waals surface area contributed by atoms with Crippen molar-refractivity contribution in [1.82, 2.24) is 19.8 Å². The van der Waals surface area contributed by atoms with Crippen LogP contribution in [0.25, 0.3) is 0 Å². The number of nitrogens with one attached hydrogen (secondary N) is 1. The van der Waals surface area contributed by atoms with Crippen LogP contribution in [0, 0.1) is 0 Å². The zero-order valence-electron chi connectivity index (χ0n) is 13.6. The maximum absolute atomic E-state index is 12.9. The average Bonchev–Trinajstić information content (AvgIpc) is 3.02. The minimum Gasteiger partial charge on any atom is -0.357 e. The first-order valence-corrected chi connectivity index (χ1v) is 8.35. The van der Waals surface area contributed by atoms with Gasteiger partial charge in [-0.3, -0.25) is 4.57 Å². The Balaban J connectivity index is 2.12. The van der Waals surface area contributed by atoms with E-state index < -0.39 is 6.55 Å². The second kappa shape index (κ2) is 8.77. The van der Waals surface area contributed by atoms with E-state index in [9.17, 15) is 8.78 Å². The molecule has 1 aromatic carbocycles. The molecule has 0 saturated carbocycles. The highest BCUT2D eigenvalue weighted by Gasteiger charge is 2.12. The molecule has 8 heteroatoms. The molecule has 0 aliphatic heterocycles. The number of alkyl halides is 2. The van der Waals surface area contributed by atoms with Crippen LogP contribution < -0.4 is 5.32 Å². The summed E-state index contributed by atoms with van der Waals surface area (Å²) in [6, 6.07) is 7.93. The SMILES string of the molecule is CCNC(=NCc1nccn1C(F)F)N(C)Cc1ccccc1Br. The van der Waals surface area contributed by atoms with Crippen LogP contribution in [0.15, 0.2) is 46.1 Å². The minimum atomic E-state index is -2.61. The first-order valence-electron chi connectivity index (χ1n) is 7.55. The number of guanidine groups is 1. The summed E-state index contributed by atoms with van der Waals surface area (Å²) < 4.78 is 27.6. The molecule has 1 N–H and O–H groups in total. The first-order chi connectivity index (χ1) is 11.5. The van der Waals surface area contributed by atoms with Crippen molar-refractivity contribution in [3.8, 4) is 0 Å². The number of benzene rings is 1. The Morgan fingerprint density at radius 2 is 2.17 bits per heavy atom. The van der Waals surface area contributed by atoms with E-state index in [1.807, 2.05) is 43.1 Å². The summed E-state index contributed by atoms with van der Waals surface area (Å²) in [6.07, 6.45) is 2.61. The second-order valence-electron chi connectivity index (χ2n) is 5.15. The lowest BCUT2D eigenvalue weighted by Crippen LogP contribution is -2.38. The van der Waals surface area contributed by atoms with Gasteiger partial charge in [0.15, 0.2) is 5.96 Å². The molecule has 0 amide bonds. The van der Waals surface area contributed by atoms with E-state index >= 15 is 0 Å². The van der Waals surface area contributed by atoms with Crippen molar-refractivity contribution in [2.24, 2.45) is 4.99 Å². The standard InChI is InChI=1S/C16H20BrF2N5/c1-3-20-16(22-10-14-21-8-9-24(14)15(18)19)23(2)11-12-6-4-5-7-13(12)17/h4-9,15H,3,10-11H2,1-2H3,(H,20,22). The Hall–Kier alpha value is -1.96. The maximum Gasteiger partial charge on any atom is 0.319 e. The van der Waals surface area contributed by atoms with Gasteiger partial charge in [0.1, 0.15) is 12.4 Å². The normalized spacial score (nSPS) is 11.8. The smallest absolute Gasteiger partial charge is 0.319 e. The highest BCUT2D eigenvalue weighted by atomic mass is 79.9. The third kappa shape index (κ3) is 4.77. The lowest BCUT2D eigenvalue weighted by Gasteiger charge is -2.22. The van der Waals surface area contributed by atoms with Crippen molar-refractivity contribution in [2.45, 2.75) is 26.6 Å². The average molecular weight is 400 g/mol. The number of hydrogen-bond donors (Lipinski definition) is 1. The van der Waals surface area contributed by atoms with Crippen LogP contribution >= 0.6 is 15.9 Å². The molecule has 1 heterocycles. The Morgan fingerprint density at radius 1 is 1.42 bits per heavy atom. The van der Waals surface area contributed by atoms with Gasteiger partial charge >= 0.3 is 6.55 Å². The third-order valence-corrected chi connectivity index (χ3v) is 4.16. The Morgan fingerprint density at radius 3 is 2.83 bits per heavy atom. The van der Waals surface area contributed by atoms with Gasteiger partial charge in [-0.05, 0) is 18.6 Å². The van der Waals surface area contributed by atoms with Crippen LogP contribution in [0.4, 0.5) is 8.78 Å². The predicted molar refractivity (Wildman–Crippen MR) is 93.9 cm³/mol. The van der Waals surface area contributed by atoms with Crippen molar-refractivity contribution < 1.29 is 8.78 Å². The number of imidazole rings is 1. The first kappa shape index (κ1) is 18.4. The molecule has 5 nitrogen and oxygen atoms in total. The summed E-state index contributed by atoms with van der Waals surface area (Å²) in [5.41, 5.74) is 1.11. The van der Waals surface area contributed by atoms with E-state index in [-0.39, 0.29) is 12.4 Å². The quantitative estimate of drug-likeness (QED) is 0.595. The second-order valence-corrected chi connectivity index (χ2v) is 6.00. The number of hydrogen-bond acceptors (Lipinski definition) is 2. The molecule has 0 bridgehead atoms. The molecule has 1 aromatic heterocycles. The number of aliphatic imine (C=N–C) groups is 1. The fourth-order valence-electron chi connectivity index (χ4n) is 2.22. The Bertz CT molecular complexity index is 687. The molecular weight excluding hydrogens is 380 g/mol. The summed E-state index contributed by atoms with van der Waals surface area (Å²) in [4.78, 5) is 10.3. The van der Waals surface area contributed by atoms with Crippen LogP contribution in [0.5, 0.6) is 0 Å². The largest absolute Gasteiger partial charge is 0.357 e. The van der Waals surface area contributed by atoms with Gasteiger partial charge < -0.3 is 10.2 Å². The van der Waals surface area contributed by atoms with Crippen LogP contribution in [-0.4, -0.2) is 34.0 Å². The lowest BCUT2D eigenvalue weighted by atomic mass is 10.2. The molecule has 0 radical (unpaired) electrons. The number of rotatable bonds is 6. The minimum absolute atomic E-state index is 0.0833. The molecule has 0 aliphatic carbocycles. The maximum atomic E-state index is 12.9. The molecular formula is C16H20BrF2N5. The molecule has 0 spiro atoms. The van der Waals surface area contributed by atoms with Crippen molar-refractivity contribution >= 4 is 21.9 Å². The summed E-state index contributed by atoms with van der Waals surface area (Å²) in [5, 5.41) is 3.17. The number of halogens is 3. The molecule has 130 valence electrons. The van der Waals surface area contributed by atoms with E-state index in [0.29, 0.717) is 19.0 Å². The molecule has 24 heavy (non-hydrogen) atoms. The molecule has 2 aromatic rings. The van der Waals surface area contributed by atoms with E-state index in [1.165, 1.54) is 12.4 Å². The molecule has 0 saturated heterocycles. The van der Waals surface area contributed by atoms with Crippen LogP contribution in [-0.2, 0) is 13.1 Å². The fraction of sp³-hybridized carbons (Fsp3) is 0.375. The van der Waals surface area contributed by atoms with Crippen molar-refractivity contribution in [3.63, 3.8) is 0 Å². The van der Waals surface area contributed by atoms with E-state index in [4.69, 9.17) is 0 Å². The summed E-state index contributed by atoms with van der Waals surface area (Å²) in [5.74, 6) is 0.867. The molecule has 2 rings (SSSR count). The molecule has 0 atom stereocenters. The summed E-state index contributed by atoms with van der Waals surface area (Å²) in [7, 11) is 1.90. The fourth-order valence-corrected chi connectivity index (χ4v) is 2.63. The van der Waals surface area contributed by atoms with E-state index in [2.05, 4.69) is 31.2 Å². The van der Waals surface area contributed by atoms with Crippen LogP contribution in [0.2, 0.25) is 0 Å². The van der Waals surface area contributed by atoms with E-state index in [0.717, 1.165) is 14.6 Å². The lowest BCUT2D eigenvalue weighted by molar-refractivity contribution is 0.0671. The van der Waals surface area contributed by atoms with Crippen LogP contribution in [0.3, 0.4) is 0 Å². The number of aromatic nitrogens is 2. The van der Waals surface area contributed by atoms with Gasteiger partial charge in [-0.1, -0.05) is 34.1 Å². The molecule has 0 aliphatic rings. The van der Waals surface area contributed by atoms with Gasteiger partial charge in [0.25, 0.3) is 0 Å². The van der Waals surface area contributed by atoms with Gasteiger partial charge in [0.2, 0.25) is 0 Å². The van der Waals surface area contributed by atoms with E-state index in [1.54, 1.807) is 0 Å². The van der Waals surface area contributed by atoms with Crippen molar-refractivity contribution in [3.05, 3.63) is 52.5 Å². The highest BCUT2D eigenvalue weighted by Crippen LogP contribution is 2.17. The van der Waals surface area contributed by atoms with Gasteiger partial charge in [0.05, 0.1) is 0 Å². The molecule has 0 unspecified atom stereocenters. The third-order valence-electron chi connectivity index (χ3n) is 3.39. The highest BCUT2D eigenvalue weighted by molar-refractivity contribution is 9.10. The zero-order valence-corrected chi connectivity index (χ0v) is 15.2. The van der Waals surface area contributed by atoms with Gasteiger partial charge in [-0.15, -0.1) is 0 Å². The van der Waals surface area contributed by atoms with Crippen molar-refractivity contribution in [1.29, 1.82) is 0 Å². The summed E-state index contributed by atoms with van der Waals surface area (Å²) >= 11 is 3.53.